The van der Waals surface area contributed by atoms with Crippen molar-refractivity contribution in [3.05, 3.63) is 181 Å². The van der Waals surface area contributed by atoms with E-state index >= 15 is 0 Å². The smallest absolute Gasteiger partial charge is 0.102 e. The number of halogens is 1. The Labute approximate surface area is 356 Å². The fourth-order valence-electron chi connectivity index (χ4n) is 8.46. The van der Waals surface area contributed by atoms with Gasteiger partial charge in [-0.05, 0) is 128 Å². The van der Waals surface area contributed by atoms with E-state index in [1.807, 2.05) is 6.92 Å². The third-order valence-corrected chi connectivity index (χ3v) is 17.8. The highest BCUT2D eigenvalue weighted by atomic mass is 32.2. The van der Waals surface area contributed by atoms with Crippen LogP contribution in [0.4, 0.5) is 0 Å². The van der Waals surface area contributed by atoms with Crippen molar-refractivity contribution in [1.29, 1.82) is 0 Å². The van der Waals surface area contributed by atoms with Crippen LogP contribution in [0.5, 0.6) is 0 Å². The first-order valence-corrected chi connectivity index (χ1v) is 26.1. The Balaban J connectivity index is 0.000000187. The van der Waals surface area contributed by atoms with Gasteiger partial charge in [-0.15, -0.1) is 0 Å². The molecule has 0 unspecified atom stereocenters. The maximum atomic E-state index is 9.83. The van der Waals surface area contributed by atoms with Crippen molar-refractivity contribution in [1.82, 2.24) is 0 Å². The molecule has 6 aromatic rings. The summed E-state index contributed by atoms with van der Waals surface area (Å²) >= 11 is 0. The lowest BCUT2D eigenvalue weighted by atomic mass is 9.84. The van der Waals surface area contributed by atoms with Crippen molar-refractivity contribution >= 4 is 57.8 Å². The Morgan fingerprint density at radius 2 is 0.712 bits per heavy atom. The van der Waals surface area contributed by atoms with Crippen LogP contribution in [0, 0.1) is 0 Å². The molecule has 0 saturated heterocycles. The van der Waals surface area contributed by atoms with Crippen molar-refractivity contribution in [2.45, 2.75) is 95.8 Å². The van der Waals surface area contributed by atoms with Crippen LogP contribution in [-0.4, -0.2) is 18.7 Å². The SMILES string of the molecule is CCCCS(=O)(=O)[O-].[F-].c1ccc([PH+](c2ccccc2)c2ccc(C3CCCCC3)cc2)cc1.c1ccc([PH+](c2ccccc2)c2ccc(C3CCCCC3)cc2)cc1. The number of rotatable bonds is 11. The molecule has 310 valence electrons. The molecule has 0 N–H and O–H groups in total. The zero-order valence-corrected chi connectivity index (χ0v) is 37.3. The highest BCUT2D eigenvalue weighted by Crippen LogP contribution is 2.37. The summed E-state index contributed by atoms with van der Waals surface area (Å²) in [5, 5.41) is 8.82. The summed E-state index contributed by atoms with van der Waals surface area (Å²) in [7, 11) is -5.78. The van der Waals surface area contributed by atoms with Gasteiger partial charge in [-0.25, -0.2) is 8.42 Å². The Morgan fingerprint density at radius 3 is 0.949 bits per heavy atom. The molecule has 6 aromatic carbocycles. The molecule has 59 heavy (non-hydrogen) atoms. The molecule has 2 aliphatic carbocycles. The maximum absolute atomic E-state index is 9.83. The van der Waals surface area contributed by atoms with Crippen molar-refractivity contribution in [2.24, 2.45) is 0 Å². The van der Waals surface area contributed by atoms with Crippen molar-refractivity contribution in [2.75, 3.05) is 5.75 Å². The highest BCUT2D eigenvalue weighted by molar-refractivity contribution is 7.85. The average molecular weight is 847 g/mol. The van der Waals surface area contributed by atoms with Crippen LogP contribution in [0.15, 0.2) is 170 Å². The monoisotopic (exact) mass is 846 g/mol. The van der Waals surface area contributed by atoms with Gasteiger partial charge in [-0.3, -0.25) is 0 Å². The van der Waals surface area contributed by atoms with E-state index in [1.165, 1.54) is 96.0 Å². The molecule has 7 heteroatoms. The minimum Gasteiger partial charge on any atom is -1.00 e. The van der Waals surface area contributed by atoms with Crippen LogP contribution in [0.2, 0.25) is 0 Å². The standard InChI is InChI=1S/2C24H25P.C4H10O3S.FH/c2*1-4-10-20(11-5-1)21-16-18-24(19-17-21)25(22-12-6-2-7-13-22)23-14-8-3-9-15-23;1-2-3-4-8(5,6)7;/h2*2-3,6-9,12-20H,1,4-5,10-11H2;2-4H2,1H3,(H,5,6,7);1H. The summed E-state index contributed by atoms with van der Waals surface area (Å²) in [5.41, 5.74) is 3.09. The lowest BCUT2D eigenvalue weighted by molar-refractivity contribution is -0.0000157. The molecule has 0 atom stereocenters. The molecule has 8 rings (SSSR count). The van der Waals surface area contributed by atoms with E-state index in [0.29, 0.717) is 6.42 Å². The van der Waals surface area contributed by atoms with Crippen molar-refractivity contribution in [3.8, 4) is 0 Å². The van der Waals surface area contributed by atoms with Crippen LogP contribution < -0.4 is 36.5 Å². The second kappa shape index (κ2) is 24.3. The molecule has 0 aromatic heterocycles. The molecule has 2 aliphatic rings. The summed E-state index contributed by atoms with van der Waals surface area (Å²) in [6, 6.07) is 63.3. The molecule has 3 nitrogen and oxygen atoms in total. The van der Waals surface area contributed by atoms with Gasteiger partial charge in [0.25, 0.3) is 0 Å². The van der Waals surface area contributed by atoms with Crippen LogP contribution in [0.1, 0.15) is 107 Å². The molecule has 0 radical (unpaired) electrons. The van der Waals surface area contributed by atoms with Crippen LogP contribution in [0.3, 0.4) is 0 Å². The maximum Gasteiger partial charge on any atom is 0.102 e. The van der Waals surface area contributed by atoms with E-state index < -0.39 is 26.0 Å². The summed E-state index contributed by atoms with van der Waals surface area (Å²) in [6.07, 6.45) is 15.1. The predicted octanol–water partition coefficient (Wildman–Crippen LogP) is 7.79. The predicted molar refractivity (Wildman–Crippen MR) is 254 cm³/mol. The second-order valence-electron chi connectivity index (χ2n) is 15.7. The first kappa shape index (κ1) is 46.1. The fraction of sp³-hybridized carbons (Fsp3) is 0.308. The molecule has 0 heterocycles. The zero-order chi connectivity index (χ0) is 40.4. The fourth-order valence-corrected chi connectivity index (χ4v) is 14.2. The van der Waals surface area contributed by atoms with E-state index in [-0.39, 0.29) is 10.5 Å². The Bertz CT molecular complexity index is 1920. The summed E-state index contributed by atoms with van der Waals surface area (Å²) in [5.74, 6) is 1.35. The number of hydrogen-bond acceptors (Lipinski definition) is 3. The first-order valence-electron chi connectivity index (χ1n) is 21.5. The summed E-state index contributed by atoms with van der Waals surface area (Å²) < 4.78 is 29.5. The van der Waals surface area contributed by atoms with Crippen molar-refractivity contribution < 1.29 is 17.7 Å². The van der Waals surface area contributed by atoms with Gasteiger partial charge in [0.15, 0.2) is 0 Å². The van der Waals surface area contributed by atoms with E-state index in [2.05, 4.69) is 170 Å². The molecule has 2 saturated carbocycles. The van der Waals surface area contributed by atoms with E-state index in [1.54, 1.807) is 11.1 Å². The number of hydrogen-bond donors (Lipinski definition) is 0. The molecule has 0 aliphatic heterocycles. The summed E-state index contributed by atoms with van der Waals surface area (Å²) in [4.78, 5) is 0. The lowest BCUT2D eigenvalue weighted by Crippen LogP contribution is -3.00. The van der Waals surface area contributed by atoms with Crippen LogP contribution in [-0.2, 0) is 10.1 Å². The molecule has 0 spiro atoms. The minimum atomic E-state index is -3.94. The molecule has 0 bridgehead atoms. The van der Waals surface area contributed by atoms with Crippen molar-refractivity contribution in [3.63, 3.8) is 0 Å². The Morgan fingerprint density at radius 1 is 0.441 bits per heavy atom. The second-order valence-corrected chi connectivity index (χ2v) is 22.2. The van der Waals surface area contributed by atoms with Gasteiger partial charge < -0.3 is 9.26 Å². The molecule has 2 fully saturated rings. The number of benzene rings is 6. The van der Waals surface area contributed by atoms with E-state index in [0.717, 1.165) is 18.3 Å². The Kier molecular flexibility index (Phi) is 19.0. The first-order chi connectivity index (χ1) is 28.4. The van der Waals surface area contributed by atoms with Crippen LogP contribution >= 0.6 is 15.8 Å². The van der Waals surface area contributed by atoms with Gasteiger partial charge >= 0.3 is 0 Å². The summed E-state index contributed by atoms with van der Waals surface area (Å²) in [6.45, 7) is 1.84. The van der Waals surface area contributed by atoms with Gasteiger partial charge in [0.2, 0.25) is 0 Å². The van der Waals surface area contributed by atoms with E-state index in [9.17, 15) is 13.0 Å². The molecule has 0 amide bonds. The quantitative estimate of drug-likeness (QED) is 0.0990. The molecular weight excluding hydrogens is 786 g/mol. The average Bonchev–Trinajstić information content (AvgIpc) is 3.29. The number of unbranched alkanes of at least 4 members (excludes halogenated alkanes) is 1. The van der Waals surface area contributed by atoms with Gasteiger partial charge in [-0.1, -0.05) is 149 Å². The van der Waals surface area contributed by atoms with E-state index in [4.69, 9.17) is 0 Å². The largest absolute Gasteiger partial charge is 1.00 e. The topological polar surface area (TPSA) is 57.2 Å². The minimum absolute atomic E-state index is 0. The highest BCUT2D eigenvalue weighted by Gasteiger charge is 2.27. The van der Waals surface area contributed by atoms with Gasteiger partial charge in [-0.2, -0.15) is 0 Å². The van der Waals surface area contributed by atoms with Gasteiger partial charge in [0.05, 0.1) is 26.0 Å². The zero-order valence-electron chi connectivity index (χ0n) is 34.5. The van der Waals surface area contributed by atoms with Gasteiger partial charge in [0.1, 0.15) is 31.8 Å². The van der Waals surface area contributed by atoms with Crippen LogP contribution in [0.25, 0.3) is 0 Å². The normalized spacial score (nSPS) is 14.6. The lowest BCUT2D eigenvalue weighted by Gasteiger charge is -2.22. The third kappa shape index (κ3) is 14.3. The van der Waals surface area contributed by atoms with Gasteiger partial charge in [0, 0.05) is 5.75 Å². The molecular formula is C52H61FO3P2S. The Hall–Kier alpha value is -3.98. The third-order valence-electron chi connectivity index (χ3n) is 11.5.